The molecule has 142 valence electrons. The fraction of sp³-hybridized carbons (Fsp3) is 0.800. The number of allylic oxidation sites excluding steroid dienone is 1. The third-order valence-corrected chi connectivity index (χ3v) is 7.01. The first-order chi connectivity index (χ1) is 11.4. The summed E-state index contributed by atoms with van der Waals surface area (Å²) >= 11 is 0. The first-order valence-electron chi connectivity index (χ1n) is 9.28. The molecule has 0 saturated heterocycles. The zero-order valence-electron chi connectivity index (χ0n) is 15.7. The normalized spacial score (nSPS) is 37.8. The molecule has 0 radical (unpaired) electrons. The number of hydrogen-bond acceptors (Lipinski definition) is 3. The Morgan fingerprint density at radius 2 is 1.92 bits per heavy atom. The molecule has 2 rings (SSSR count). The van der Waals surface area contributed by atoms with Crippen LogP contribution >= 0.6 is 0 Å². The number of carboxylic acid groups (broad SMARTS) is 2. The van der Waals surface area contributed by atoms with E-state index in [0.717, 1.165) is 31.3 Å². The molecule has 0 spiro atoms. The molecule has 3 N–H and O–H groups in total. The highest BCUT2D eigenvalue weighted by Crippen LogP contribution is 2.62. The molecule has 2 aliphatic rings. The largest absolute Gasteiger partial charge is 0.481 e. The van der Waals surface area contributed by atoms with E-state index >= 15 is 0 Å². The molecule has 2 fully saturated rings. The van der Waals surface area contributed by atoms with E-state index in [1.54, 1.807) is 6.92 Å². The highest BCUT2D eigenvalue weighted by molar-refractivity contribution is 5.75. The van der Waals surface area contributed by atoms with E-state index in [0.29, 0.717) is 19.3 Å². The minimum absolute atomic E-state index is 0.0890. The smallest absolute Gasteiger partial charge is 0.309 e. The molecular weight excluding hydrogens is 320 g/mol. The Hall–Kier alpha value is -1.36. The van der Waals surface area contributed by atoms with Gasteiger partial charge in [0.05, 0.1) is 17.4 Å². The van der Waals surface area contributed by atoms with E-state index in [1.807, 2.05) is 6.92 Å². The van der Waals surface area contributed by atoms with Gasteiger partial charge in [0, 0.05) is 0 Å². The minimum Gasteiger partial charge on any atom is -0.481 e. The Labute approximate surface area is 150 Å². The number of hydrogen-bond donors (Lipinski definition) is 3. The first-order valence-corrected chi connectivity index (χ1v) is 9.28. The van der Waals surface area contributed by atoms with Crippen molar-refractivity contribution < 1.29 is 24.9 Å². The van der Waals surface area contributed by atoms with Gasteiger partial charge in [0.15, 0.2) is 0 Å². The second-order valence-corrected chi connectivity index (χ2v) is 8.99. The number of aliphatic hydroxyl groups is 1. The SMILES string of the molecule is C=C1CC[C@@H]2[C@](C)(CCC[C@]2(C)C(=O)O)[C@H]1CCC(C)(O)CC(=O)O. The molecule has 0 aromatic rings. The maximum Gasteiger partial charge on any atom is 0.309 e. The van der Waals surface area contributed by atoms with Crippen LogP contribution in [0.3, 0.4) is 0 Å². The summed E-state index contributed by atoms with van der Waals surface area (Å²) in [5, 5.41) is 29.2. The van der Waals surface area contributed by atoms with E-state index in [-0.39, 0.29) is 23.7 Å². The average molecular weight is 352 g/mol. The van der Waals surface area contributed by atoms with E-state index in [2.05, 4.69) is 13.5 Å². The van der Waals surface area contributed by atoms with Crippen LogP contribution in [0.1, 0.15) is 72.1 Å². The monoisotopic (exact) mass is 352 g/mol. The maximum absolute atomic E-state index is 12.0. The van der Waals surface area contributed by atoms with Gasteiger partial charge in [0.25, 0.3) is 0 Å². The maximum atomic E-state index is 12.0. The Balaban J connectivity index is 2.23. The lowest BCUT2D eigenvalue weighted by atomic mass is 9.46. The fourth-order valence-corrected chi connectivity index (χ4v) is 5.61. The fourth-order valence-electron chi connectivity index (χ4n) is 5.61. The number of rotatable bonds is 6. The van der Waals surface area contributed by atoms with E-state index in [4.69, 9.17) is 5.11 Å². The number of fused-ring (bicyclic) bond motifs is 1. The molecule has 5 heteroatoms. The van der Waals surface area contributed by atoms with Gasteiger partial charge < -0.3 is 15.3 Å². The molecule has 5 nitrogen and oxygen atoms in total. The standard InChI is InChI=1S/C20H32O5/c1-13-6-7-15-19(3,9-5-10-20(15,4)17(23)24)14(13)8-11-18(2,25)12-16(21)22/h14-15,25H,1,5-12H2,2-4H3,(H,21,22)(H,23,24)/t14-,15+,18?,19+,20-/m0/s1. The van der Waals surface area contributed by atoms with Crippen LogP contribution in [0.25, 0.3) is 0 Å². The third kappa shape index (κ3) is 3.76. The van der Waals surface area contributed by atoms with Gasteiger partial charge in [-0.2, -0.15) is 0 Å². The summed E-state index contributed by atoms with van der Waals surface area (Å²) in [5.74, 6) is -1.50. The molecule has 2 saturated carbocycles. The summed E-state index contributed by atoms with van der Waals surface area (Å²) in [5.41, 5.74) is -0.991. The quantitative estimate of drug-likeness (QED) is 0.631. The summed E-state index contributed by atoms with van der Waals surface area (Å²) < 4.78 is 0. The highest BCUT2D eigenvalue weighted by atomic mass is 16.4. The van der Waals surface area contributed by atoms with Crippen LogP contribution in [0.4, 0.5) is 0 Å². The zero-order chi connectivity index (χ0) is 19.0. The molecule has 0 aromatic heterocycles. The van der Waals surface area contributed by atoms with E-state index in [9.17, 15) is 19.8 Å². The molecular formula is C20H32O5. The second-order valence-electron chi connectivity index (χ2n) is 8.99. The molecule has 0 heterocycles. The average Bonchev–Trinajstić information content (AvgIpc) is 2.44. The topological polar surface area (TPSA) is 94.8 Å². The van der Waals surface area contributed by atoms with Gasteiger partial charge in [0.2, 0.25) is 0 Å². The minimum atomic E-state index is -1.25. The van der Waals surface area contributed by atoms with Crippen molar-refractivity contribution in [3.05, 3.63) is 12.2 Å². The van der Waals surface area contributed by atoms with Gasteiger partial charge in [-0.25, -0.2) is 0 Å². The molecule has 0 amide bonds. The number of carboxylic acids is 2. The van der Waals surface area contributed by atoms with Gasteiger partial charge in [-0.15, -0.1) is 0 Å². The summed E-state index contributed by atoms with van der Waals surface area (Å²) in [6.45, 7) is 9.86. The molecule has 0 aliphatic heterocycles. The van der Waals surface area contributed by atoms with Crippen LogP contribution < -0.4 is 0 Å². The van der Waals surface area contributed by atoms with Crippen molar-refractivity contribution >= 4 is 11.9 Å². The van der Waals surface area contributed by atoms with E-state index in [1.165, 1.54) is 0 Å². The predicted octanol–water partition coefficient (Wildman–Crippen LogP) is 3.86. The third-order valence-electron chi connectivity index (χ3n) is 7.01. The molecule has 0 bridgehead atoms. The van der Waals surface area contributed by atoms with Crippen molar-refractivity contribution in [3.63, 3.8) is 0 Å². The van der Waals surface area contributed by atoms with Gasteiger partial charge >= 0.3 is 11.9 Å². The van der Waals surface area contributed by atoms with Crippen molar-refractivity contribution in [1.29, 1.82) is 0 Å². The number of aliphatic carboxylic acids is 2. The molecule has 5 atom stereocenters. The van der Waals surface area contributed by atoms with Crippen molar-refractivity contribution in [1.82, 2.24) is 0 Å². The molecule has 2 aliphatic carbocycles. The van der Waals surface area contributed by atoms with Crippen molar-refractivity contribution in [2.45, 2.75) is 77.7 Å². The lowest BCUT2D eigenvalue weighted by molar-refractivity contribution is -0.164. The Kier molecular flexibility index (Phi) is 5.39. The van der Waals surface area contributed by atoms with Crippen molar-refractivity contribution in [2.75, 3.05) is 0 Å². The molecule has 0 aromatic carbocycles. The van der Waals surface area contributed by atoms with Gasteiger partial charge in [-0.05, 0) is 69.6 Å². The molecule has 1 unspecified atom stereocenters. The van der Waals surface area contributed by atoms with Gasteiger partial charge in [-0.3, -0.25) is 9.59 Å². The van der Waals surface area contributed by atoms with Gasteiger partial charge in [0.1, 0.15) is 0 Å². The van der Waals surface area contributed by atoms with Crippen LogP contribution in [0.5, 0.6) is 0 Å². The van der Waals surface area contributed by atoms with Crippen molar-refractivity contribution in [3.8, 4) is 0 Å². The summed E-state index contributed by atoms with van der Waals surface area (Å²) in [6.07, 6.45) is 4.97. The Bertz CT molecular complexity index is 566. The first kappa shape index (κ1) is 20.0. The van der Waals surface area contributed by atoms with Crippen LogP contribution in [0.15, 0.2) is 12.2 Å². The van der Waals surface area contributed by atoms with Crippen LogP contribution in [0, 0.1) is 22.7 Å². The molecule has 25 heavy (non-hydrogen) atoms. The summed E-state index contributed by atoms with van der Waals surface area (Å²) in [4.78, 5) is 22.9. The lowest BCUT2D eigenvalue weighted by Crippen LogP contribution is -2.53. The Morgan fingerprint density at radius 1 is 1.28 bits per heavy atom. The summed E-state index contributed by atoms with van der Waals surface area (Å²) in [7, 11) is 0. The van der Waals surface area contributed by atoms with Crippen LogP contribution in [-0.2, 0) is 9.59 Å². The summed E-state index contributed by atoms with van der Waals surface area (Å²) in [6, 6.07) is 0. The predicted molar refractivity (Wildman–Crippen MR) is 95.2 cm³/mol. The highest BCUT2D eigenvalue weighted by Gasteiger charge is 2.57. The van der Waals surface area contributed by atoms with Crippen LogP contribution in [0.2, 0.25) is 0 Å². The second kappa shape index (κ2) is 6.75. The van der Waals surface area contributed by atoms with Crippen LogP contribution in [-0.4, -0.2) is 32.9 Å². The zero-order valence-corrected chi connectivity index (χ0v) is 15.7. The lowest BCUT2D eigenvalue weighted by Gasteiger charge is -2.57. The number of carbonyl (C=O) groups is 2. The Morgan fingerprint density at radius 3 is 2.48 bits per heavy atom. The van der Waals surface area contributed by atoms with E-state index < -0.39 is 23.0 Å². The van der Waals surface area contributed by atoms with Crippen molar-refractivity contribution in [2.24, 2.45) is 22.7 Å². The van der Waals surface area contributed by atoms with Gasteiger partial charge in [-0.1, -0.05) is 25.5 Å².